The fraction of sp³-hybridized carbons (Fsp3) is 0. The molecule has 0 saturated heterocycles. The summed E-state index contributed by atoms with van der Waals surface area (Å²) in [6.07, 6.45) is 1.03. The lowest BCUT2D eigenvalue weighted by molar-refractivity contribution is -0.132. The number of aliphatic carboxylic acids is 2. The highest BCUT2D eigenvalue weighted by Gasteiger charge is 2.12. The van der Waals surface area contributed by atoms with Crippen LogP contribution in [-0.2, 0) is 19.7 Å². The van der Waals surface area contributed by atoms with Crippen LogP contribution < -0.4 is 0 Å². The van der Waals surface area contributed by atoms with Gasteiger partial charge in [-0.3, -0.25) is 4.55 Å². The Kier molecular flexibility index (Phi) is 3.99. The fourth-order valence-electron chi connectivity index (χ4n) is 0.484. The van der Waals surface area contributed by atoms with E-state index in [1.54, 1.807) is 0 Å². The van der Waals surface area contributed by atoms with E-state index in [9.17, 15) is 18.0 Å². The lowest BCUT2D eigenvalue weighted by Crippen LogP contribution is -2.03. The van der Waals surface area contributed by atoms with Crippen molar-refractivity contribution >= 4 is 22.1 Å². The van der Waals surface area contributed by atoms with E-state index in [1.165, 1.54) is 0 Å². The first-order valence-electron chi connectivity index (χ1n) is 3.06. The molecule has 0 aromatic rings. The zero-order chi connectivity index (χ0) is 11.4. The Morgan fingerprint density at radius 3 is 1.79 bits per heavy atom. The number of allylic oxidation sites excluding steroid dienone is 1. The monoisotopic (exact) mass is 222 g/mol. The summed E-state index contributed by atoms with van der Waals surface area (Å²) in [7, 11) is -4.73. The minimum Gasteiger partial charge on any atom is -0.478 e. The van der Waals surface area contributed by atoms with Gasteiger partial charge in [-0.2, -0.15) is 8.42 Å². The van der Waals surface area contributed by atoms with Gasteiger partial charge in [-0.25, -0.2) is 9.59 Å². The second-order valence-electron chi connectivity index (χ2n) is 2.03. The van der Waals surface area contributed by atoms with Crippen molar-refractivity contribution in [2.24, 2.45) is 0 Å². The molecule has 3 N–H and O–H groups in total. The molecule has 0 aliphatic carbocycles. The van der Waals surface area contributed by atoms with Crippen molar-refractivity contribution in [3.8, 4) is 0 Å². The molecule has 0 rings (SSSR count). The van der Waals surface area contributed by atoms with Crippen LogP contribution in [0.1, 0.15) is 0 Å². The van der Waals surface area contributed by atoms with Crippen LogP contribution in [0, 0.1) is 0 Å². The number of hydrogen-bond donors (Lipinski definition) is 3. The average molecular weight is 222 g/mol. The molecule has 14 heavy (non-hydrogen) atoms. The molecule has 0 unspecified atom stereocenters. The number of rotatable bonds is 4. The maximum Gasteiger partial charge on any atom is 0.329 e. The highest BCUT2D eigenvalue weighted by Crippen LogP contribution is 2.05. The van der Waals surface area contributed by atoms with Crippen molar-refractivity contribution in [3.63, 3.8) is 0 Å². The van der Waals surface area contributed by atoms with Gasteiger partial charge in [-0.1, -0.05) is 0 Å². The molecule has 8 heteroatoms. The Morgan fingerprint density at radius 1 is 1.00 bits per heavy atom. The average Bonchev–Trinajstić information content (AvgIpc) is 1.94. The Labute approximate surface area is 78.7 Å². The zero-order valence-electron chi connectivity index (χ0n) is 6.61. The first-order chi connectivity index (χ1) is 6.23. The predicted molar refractivity (Wildman–Crippen MR) is 44.0 cm³/mol. The SMILES string of the molecule is O=C(O)C=CC(=CC(=O)O)S(=O)(=O)O. The maximum absolute atomic E-state index is 10.5. The summed E-state index contributed by atoms with van der Waals surface area (Å²) in [6, 6.07) is 0. The third kappa shape index (κ3) is 5.06. The van der Waals surface area contributed by atoms with Gasteiger partial charge in [0.05, 0.1) is 0 Å². The highest BCUT2D eigenvalue weighted by molar-refractivity contribution is 7.90. The van der Waals surface area contributed by atoms with Crippen LogP contribution in [0.4, 0.5) is 0 Å². The van der Waals surface area contributed by atoms with Gasteiger partial charge >= 0.3 is 11.9 Å². The van der Waals surface area contributed by atoms with Crippen LogP contribution in [0.25, 0.3) is 0 Å². The molecule has 0 amide bonds. The molecule has 0 aromatic carbocycles. The van der Waals surface area contributed by atoms with Gasteiger partial charge < -0.3 is 10.2 Å². The predicted octanol–water partition coefficient (Wildman–Crippen LogP) is -0.516. The minimum atomic E-state index is -4.73. The van der Waals surface area contributed by atoms with E-state index in [0.717, 1.165) is 0 Å². The van der Waals surface area contributed by atoms with E-state index in [1.807, 2.05) is 0 Å². The number of carboxylic acid groups (broad SMARTS) is 2. The Balaban J connectivity index is 5.16. The quantitative estimate of drug-likeness (QED) is 0.331. The van der Waals surface area contributed by atoms with E-state index >= 15 is 0 Å². The molecule has 0 aliphatic rings. The second-order valence-corrected chi connectivity index (χ2v) is 3.45. The summed E-state index contributed by atoms with van der Waals surface area (Å²) in [5, 5.41) is 16.3. The minimum absolute atomic E-state index is 0.175. The molecule has 0 saturated carbocycles. The van der Waals surface area contributed by atoms with E-state index in [4.69, 9.17) is 14.8 Å². The van der Waals surface area contributed by atoms with Gasteiger partial charge in [-0.05, 0) is 6.08 Å². The van der Waals surface area contributed by atoms with Gasteiger partial charge in [0.25, 0.3) is 10.1 Å². The largest absolute Gasteiger partial charge is 0.478 e. The Hall–Kier alpha value is -1.67. The summed E-state index contributed by atoms with van der Waals surface area (Å²) in [4.78, 5) is 19.0. The molecule has 0 aromatic heterocycles. The van der Waals surface area contributed by atoms with Gasteiger partial charge in [0.15, 0.2) is 0 Å². The number of hydrogen-bond acceptors (Lipinski definition) is 4. The molecule has 0 heterocycles. The van der Waals surface area contributed by atoms with Gasteiger partial charge in [0, 0.05) is 12.2 Å². The summed E-state index contributed by atoms with van der Waals surface area (Å²) in [5.41, 5.74) is 0. The summed E-state index contributed by atoms with van der Waals surface area (Å²) >= 11 is 0. The lowest BCUT2D eigenvalue weighted by Gasteiger charge is -1.94. The van der Waals surface area contributed by atoms with E-state index in [-0.39, 0.29) is 6.08 Å². The Bertz CT molecular complexity index is 400. The highest BCUT2D eigenvalue weighted by atomic mass is 32.2. The third-order valence-corrected chi connectivity index (χ3v) is 1.80. The number of carboxylic acids is 2. The molecular weight excluding hydrogens is 216 g/mol. The number of carbonyl (C=O) groups is 2. The van der Waals surface area contributed by atoms with E-state index in [2.05, 4.69) is 0 Å². The molecule has 0 aliphatic heterocycles. The van der Waals surface area contributed by atoms with Gasteiger partial charge in [-0.15, -0.1) is 0 Å². The van der Waals surface area contributed by atoms with Crippen LogP contribution in [0.5, 0.6) is 0 Å². The zero-order valence-corrected chi connectivity index (χ0v) is 7.43. The molecule has 78 valence electrons. The first-order valence-corrected chi connectivity index (χ1v) is 4.50. The maximum atomic E-state index is 10.5. The van der Waals surface area contributed by atoms with Crippen molar-refractivity contribution in [2.45, 2.75) is 0 Å². The topological polar surface area (TPSA) is 129 Å². The molecule has 0 atom stereocenters. The standard InChI is InChI=1S/C6H6O7S/c7-5(8)2-1-4(3-6(9)10)14(11,12)13/h1-3H,(H,7,8)(H,9,10)(H,11,12,13). The van der Waals surface area contributed by atoms with Crippen LogP contribution in [0.2, 0.25) is 0 Å². The van der Waals surface area contributed by atoms with Crippen LogP contribution in [-0.4, -0.2) is 35.1 Å². The lowest BCUT2D eigenvalue weighted by atomic mass is 10.4. The van der Waals surface area contributed by atoms with Crippen LogP contribution in [0.3, 0.4) is 0 Å². The van der Waals surface area contributed by atoms with Crippen LogP contribution in [0.15, 0.2) is 23.1 Å². The summed E-state index contributed by atoms with van der Waals surface area (Å²) in [5.74, 6) is -3.09. The fourth-order valence-corrected chi connectivity index (χ4v) is 0.973. The van der Waals surface area contributed by atoms with Crippen molar-refractivity contribution < 1.29 is 32.8 Å². The molecule has 0 bridgehead atoms. The molecule has 7 nitrogen and oxygen atoms in total. The summed E-state index contributed by atoms with van der Waals surface area (Å²) < 4.78 is 29.4. The summed E-state index contributed by atoms with van der Waals surface area (Å²) in [6.45, 7) is 0. The van der Waals surface area contributed by atoms with Crippen molar-refractivity contribution in [3.05, 3.63) is 23.1 Å². The van der Waals surface area contributed by atoms with Crippen molar-refractivity contribution in [1.82, 2.24) is 0 Å². The van der Waals surface area contributed by atoms with Crippen LogP contribution >= 0.6 is 0 Å². The van der Waals surface area contributed by atoms with E-state index in [0.29, 0.717) is 12.2 Å². The Morgan fingerprint density at radius 2 is 1.50 bits per heavy atom. The van der Waals surface area contributed by atoms with Gasteiger partial charge in [0.1, 0.15) is 4.91 Å². The normalized spacial score (nSPS) is 13.1. The van der Waals surface area contributed by atoms with Gasteiger partial charge in [0.2, 0.25) is 0 Å². The molecule has 0 spiro atoms. The smallest absolute Gasteiger partial charge is 0.329 e. The van der Waals surface area contributed by atoms with Crippen molar-refractivity contribution in [1.29, 1.82) is 0 Å². The van der Waals surface area contributed by atoms with Crippen molar-refractivity contribution in [2.75, 3.05) is 0 Å². The molecular formula is C6H6O7S. The molecule has 0 radical (unpaired) electrons. The molecule has 0 fully saturated rings. The third-order valence-electron chi connectivity index (χ3n) is 0.954. The van der Waals surface area contributed by atoms with E-state index < -0.39 is 27.0 Å². The first kappa shape index (κ1) is 12.3. The second kappa shape index (κ2) is 4.53.